The second-order valence-electron chi connectivity index (χ2n) is 6.74. The van der Waals surface area contributed by atoms with E-state index >= 15 is 0 Å². The summed E-state index contributed by atoms with van der Waals surface area (Å²) in [5, 5.41) is 3.84. The lowest BCUT2D eigenvalue weighted by Crippen LogP contribution is -2.54. The summed E-state index contributed by atoms with van der Waals surface area (Å²) in [6.45, 7) is 0.00130. The summed E-state index contributed by atoms with van der Waals surface area (Å²) in [7, 11) is 1.32. The molecule has 7 nitrogen and oxygen atoms in total. The number of hydrogen-bond donors (Lipinski definition) is 1. The van der Waals surface area contributed by atoms with Crippen LogP contribution < -0.4 is 10.2 Å². The number of para-hydroxylation sites is 1. The number of methoxy groups -OCH3 is 1. The lowest BCUT2D eigenvalue weighted by Gasteiger charge is -2.28. The van der Waals surface area contributed by atoms with Crippen LogP contribution >= 0.6 is 23.8 Å². The van der Waals surface area contributed by atoms with E-state index in [2.05, 4.69) is 5.32 Å². The number of carbonyl (C=O) groups is 3. The number of halogens is 1. The molecule has 1 aromatic heterocycles. The molecule has 0 spiro atoms. The predicted molar refractivity (Wildman–Crippen MR) is 122 cm³/mol. The lowest BCUT2D eigenvalue weighted by molar-refractivity contribution is -0.141. The van der Waals surface area contributed by atoms with Gasteiger partial charge in [-0.1, -0.05) is 29.8 Å². The highest BCUT2D eigenvalue weighted by atomic mass is 35.5. The van der Waals surface area contributed by atoms with Crippen molar-refractivity contribution in [2.24, 2.45) is 0 Å². The van der Waals surface area contributed by atoms with Gasteiger partial charge < -0.3 is 9.30 Å². The summed E-state index contributed by atoms with van der Waals surface area (Å²) in [6, 6.07) is 13.9. The predicted octanol–water partition coefficient (Wildman–Crippen LogP) is 3.30. The van der Waals surface area contributed by atoms with E-state index in [1.54, 1.807) is 35.0 Å². The molecule has 1 aliphatic heterocycles. The van der Waals surface area contributed by atoms with Crippen LogP contribution in [0, 0.1) is 0 Å². The molecule has 1 fully saturated rings. The van der Waals surface area contributed by atoms with E-state index in [9.17, 15) is 14.4 Å². The van der Waals surface area contributed by atoms with Gasteiger partial charge in [0.25, 0.3) is 11.8 Å². The molecule has 1 aliphatic rings. The molecule has 2 aromatic carbocycles. The Morgan fingerprint density at radius 3 is 2.58 bits per heavy atom. The van der Waals surface area contributed by atoms with Gasteiger partial charge in [0.1, 0.15) is 12.1 Å². The zero-order valence-corrected chi connectivity index (χ0v) is 17.9. The number of anilines is 1. The van der Waals surface area contributed by atoms with E-state index in [1.165, 1.54) is 18.1 Å². The van der Waals surface area contributed by atoms with Crippen LogP contribution in [-0.4, -0.2) is 34.6 Å². The number of benzene rings is 2. The van der Waals surface area contributed by atoms with Crippen LogP contribution in [0.4, 0.5) is 5.69 Å². The van der Waals surface area contributed by atoms with Crippen molar-refractivity contribution in [3.05, 3.63) is 70.9 Å². The molecule has 2 heterocycles. The summed E-state index contributed by atoms with van der Waals surface area (Å²) in [6.07, 6.45) is 3.20. The minimum absolute atomic E-state index is 0.00130. The number of aromatic nitrogens is 1. The van der Waals surface area contributed by atoms with Crippen LogP contribution in [0.2, 0.25) is 5.02 Å². The third-order valence-electron chi connectivity index (χ3n) is 4.83. The third-order valence-corrected chi connectivity index (χ3v) is 5.37. The molecule has 0 radical (unpaired) electrons. The molecule has 2 amide bonds. The number of ether oxygens (including phenoxy) is 1. The van der Waals surface area contributed by atoms with Gasteiger partial charge in [-0.25, -0.2) is 0 Å². The molecule has 4 rings (SSSR count). The number of nitrogens with zero attached hydrogens (tertiary/aromatic N) is 2. The Morgan fingerprint density at radius 1 is 1.16 bits per heavy atom. The highest BCUT2D eigenvalue weighted by Gasteiger charge is 2.34. The smallest absolute Gasteiger partial charge is 0.325 e. The lowest BCUT2D eigenvalue weighted by atomic mass is 10.1. The summed E-state index contributed by atoms with van der Waals surface area (Å²) in [4.78, 5) is 38.8. The molecule has 0 unspecified atom stereocenters. The van der Waals surface area contributed by atoms with Crippen molar-refractivity contribution in [1.29, 1.82) is 0 Å². The zero-order chi connectivity index (χ0) is 22.1. The largest absolute Gasteiger partial charge is 0.468 e. The molecule has 0 bridgehead atoms. The number of nitrogens with one attached hydrogen (secondary N) is 1. The van der Waals surface area contributed by atoms with Crippen LogP contribution in [0.15, 0.2) is 60.3 Å². The number of esters is 1. The molecule has 3 aromatic rings. The third kappa shape index (κ3) is 3.95. The molecule has 0 atom stereocenters. The van der Waals surface area contributed by atoms with Gasteiger partial charge >= 0.3 is 5.97 Å². The summed E-state index contributed by atoms with van der Waals surface area (Å²) in [5.74, 6) is -1.56. The maximum atomic E-state index is 13.2. The summed E-state index contributed by atoms with van der Waals surface area (Å²) < 4.78 is 6.46. The first kappa shape index (κ1) is 20.8. The maximum Gasteiger partial charge on any atom is 0.325 e. The number of rotatable bonds is 4. The minimum Gasteiger partial charge on any atom is -0.468 e. The number of hydrogen-bond acceptors (Lipinski definition) is 5. The van der Waals surface area contributed by atoms with Crippen molar-refractivity contribution < 1.29 is 19.1 Å². The highest BCUT2D eigenvalue weighted by molar-refractivity contribution is 7.80. The van der Waals surface area contributed by atoms with Gasteiger partial charge in [0.05, 0.1) is 12.8 Å². The van der Waals surface area contributed by atoms with Crippen LogP contribution in [-0.2, 0) is 25.7 Å². The average molecular weight is 454 g/mol. The first-order valence-electron chi connectivity index (χ1n) is 9.21. The van der Waals surface area contributed by atoms with E-state index in [0.717, 1.165) is 10.9 Å². The Morgan fingerprint density at radius 2 is 1.87 bits per heavy atom. The summed E-state index contributed by atoms with van der Waals surface area (Å²) >= 11 is 11.1. The van der Waals surface area contributed by atoms with E-state index < -0.39 is 17.8 Å². The highest BCUT2D eigenvalue weighted by Crippen LogP contribution is 2.27. The molecule has 1 N–H and O–H groups in total. The molecule has 1 saturated heterocycles. The van der Waals surface area contributed by atoms with Gasteiger partial charge in [-0.2, -0.15) is 0 Å². The fraction of sp³-hybridized carbons (Fsp3) is 0.0909. The monoisotopic (exact) mass is 453 g/mol. The van der Waals surface area contributed by atoms with E-state index in [-0.39, 0.29) is 17.2 Å². The molecule has 9 heteroatoms. The first-order valence-corrected chi connectivity index (χ1v) is 9.99. The number of carbonyl (C=O) groups excluding carboxylic acids is 3. The number of thiocarbonyl (C=S) groups is 1. The Bertz CT molecular complexity index is 1260. The molecule has 156 valence electrons. The van der Waals surface area contributed by atoms with Crippen molar-refractivity contribution in [2.45, 2.75) is 6.54 Å². The first-order chi connectivity index (χ1) is 14.9. The quantitative estimate of drug-likeness (QED) is 0.284. The molecule has 0 aliphatic carbocycles. The average Bonchev–Trinajstić information content (AvgIpc) is 3.09. The second-order valence-corrected chi connectivity index (χ2v) is 7.56. The molecular formula is C22H16ClN3O4S. The Balaban J connectivity index is 1.78. The van der Waals surface area contributed by atoms with Crippen LogP contribution in [0.3, 0.4) is 0 Å². The van der Waals surface area contributed by atoms with E-state index in [4.69, 9.17) is 28.6 Å². The Labute approximate surface area is 187 Å². The molecule has 0 saturated carbocycles. The van der Waals surface area contributed by atoms with Crippen molar-refractivity contribution in [2.75, 3.05) is 12.0 Å². The standard InChI is InChI=1S/C22H16ClN3O4S/c1-30-19(27)12-25-11-13(16-4-2-3-5-18(16)25)10-17-20(28)24-22(31)26(21(17)29)15-8-6-14(23)7-9-15/h2-11H,12H2,1H3,(H,24,28,31)/b17-10+. The SMILES string of the molecule is COC(=O)Cn1cc(/C=C2\C(=O)NC(=S)N(c3ccc(Cl)cc3)C2=O)c2ccccc21. The van der Waals surface area contributed by atoms with Crippen molar-refractivity contribution in [3.63, 3.8) is 0 Å². The van der Waals surface area contributed by atoms with Crippen LogP contribution in [0.1, 0.15) is 5.56 Å². The van der Waals surface area contributed by atoms with E-state index in [1.807, 2.05) is 24.3 Å². The maximum absolute atomic E-state index is 13.2. The van der Waals surface area contributed by atoms with Gasteiger partial charge in [0, 0.05) is 27.7 Å². The fourth-order valence-electron chi connectivity index (χ4n) is 3.36. The molecular weight excluding hydrogens is 438 g/mol. The Kier molecular flexibility index (Phi) is 5.58. The number of fused-ring (bicyclic) bond motifs is 1. The van der Waals surface area contributed by atoms with Crippen LogP contribution in [0.5, 0.6) is 0 Å². The van der Waals surface area contributed by atoms with Crippen LogP contribution in [0.25, 0.3) is 17.0 Å². The van der Waals surface area contributed by atoms with E-state index in [0.29, 0.717) is 16.3 Å². The topological polar surface area (TPSA) is 80.6 Å². The number of amides is 2. The van der Waals surface area contributed by atoms with Gasteiger partial charge in [-0.05, 0) is 48.6 Å². The molecule has 31 heavy (non-hydrogen) atoms. The van der Waals surface area contributed by atoms with Crippen molar-refractivity contribution in [3.8, 4) is 0 Å². The van der Waals surface area contributed by atoms with Gasteiger partial charge in [0.15, 0.2) is 5.11 Å². The Hall–Kier alpha value is -3.49. The van der Waals surface area contributed by atoms with Crippen molar-refractivity contribution >= 4 is 69.4 Å². The van der Waals surface area contributed by atoms with Gasteiger partial charge in [-0.15, -0.1) is 0 Å². The van der Waals surface area contributed by atoms with Gasteiger partial charge in [0.2, 0.25) is 0 Å². The fourth-order valence-corrected chi connectivity index (χ4v) is 3.77. The van der Waals surface area contributed by atoms with Gasteiger partial charge in [-0.3, -0.25) is 24.6 Å². The minimum atomic E-state index is -0.593. The second kappa shape index (κ2) is 8.33. The van der Waals surface area contributed by atoms with Crippen molar-refractivity contribution in [1.82, 2.24) is 9.88 Å². The normalized spacial score (nSPS) is 15.5. The summed E-state index contributed by atoms with van der Waals surface area (Å²) in [5.41, 5.74) is 1.79. The zero-order valence-electron chi connectivity index (χ0n) is 16.3.